The molecule has 0 aliphatic carbocycles. The first-order valence-electron chi connectivity index (χ1n) is 20.7. The molecule has 0 radical (unpaired) electrons. The van der Waals surface area contributed by atoms with E-state index in [1.165, 1.54) is 6.92 Å². The van der Waals surface area contributed by atoms with Crippen LogP contribution in [0.15, 0.2) is 18.2 Å². The normalized spacial score (nSPS) is 16.1. The minimum atomic E-state index is -4.17. The molecule has 1 aromatic rings. The van der Waals surface area contributed by atoms with Crippen molar-refractivity contribution in [2.75, 3.05) is 0 Å². The van der Waals surface area contributed by atoms with Crippen LogP contribution < -0.4 is 51.4 Å². The van der Waals surface area contributed by atoms with Gasteiger partial charge in [-0.25, -0.2) is 9.83 Å². The van der Waals surface area contributed by atoms with Gasteiger partial charge in [0.1, 0.15) is 0 Å². The van der Waals surface area contributed by atoms with E-state index in [0.29, 0.717) is 32.9 Å². The van der Waals surface area contributed by atoms with E-state index in [2.05, 4.69) is 0 Å². The SMILES string of the molecule is CCC(=O)c1ccc(C(C)O)cc1C(C)=O.S=S(=S)(I)S(=S)(=S)S(=S)(=S)S(=S)(=S)S(=S)(=S)S(=S)(=S)S(=S)(=S)S(=S)(=S)S(=S)(=S)S(=S)(=S)S(=S)(=S)S(=S)(=S)S(=S)(=S)S(=S)(=S)S(=S)(=S)S(=S)(=S)S(=S)(=S)S(=S)(=S)S(=S)(=S)S(=S)(=S)S(=S)(=S)S(=S)(=S)S(=S)(=S)S(=S)(=S)S(=S)(=S)S(=S)(=S)S(=S)(=S)S(=S)(=S)S(=S)(=S)S(=S)(=S)S[S-].[K+]. The van der Waals surface area contributed by atoms with Gasteiger partial charge in [-0.3, -0.25) is 9.59 Å². The van der Waals surface area contributed by atoms with E-state index in [1.54, 1.807) is 53.3 Å². The van der Waals surface area contributed by atoms with Crippen LogP contribution in [0.5, 0.6) is 0 Å². The van der Waals surface area contributed by atoms with E-state index >= 15 is 0 Å². The third kappa shape index (κ3) is 23.3. The molecule has 1 aromatic carbocycles. The van der Waals surface area contributed by atoms with E-state index in [1.807, 2.05) is 0 Å². The summed E-state index contributed by atoms with van der Waals surface area (Å²) in [4.78, 5) is 23.0. The summed E-state index contributed by atoms with van der Waals surface area (Å²) >= 11 is 371. The molecule has 0 aliphatic rings. The minimum Gasteiger partial charge on any atom is -0.706 e. The Hall–Kier alpha value is 25.3. The molecule has 3 nitrogen and oxygen atoms in total. The van der Waals surface area contributed by atoms with Gasteiger partial charge in [0.25, 0.3) is 0 Å². The first-order chi connectivity index (χ1) is 46.3. The molecule has 1 rings (SSSR count). The van der Waals surface area contributed by atoms with Gasteiger partial charge < -0.3 is 16.8 Å². The predicted molar refractivity (Wildman–Crippen MR) is 754 cm³/mol. The molecule has 1 N–H and O–H groups in total. The van der Waals surface area contributed by atoms with Crippen LogP contribution in [0.4, 0.5) is 0 Å². The Balaban J connectivity index is 0. The molecule has 0 saturated heterocycles. The summed E-state index contributed by atoms with van der Waals surface area (Å²) in [5, 5.41) is -104. The van der Waals surface area contributed by atoms with Gasteiger partial charge in [-0.05, 0) is 697 Å². The zero-order valence-corrected chi connectivity index (χ0v) is 129. The van der Waals surface area contributed by atoms with E-state index in [9.17, 15) is 14.7 Å². The van der Waals surface area contributed by atoms with Gasteiger partial charge in [-0.2, -0.15) is 0 Å². The van der Waals surface area contributed by atoms with Crippen molar-refractivity contribution in [2.45, 2.75) is 33.3 Å². The second-order valence-electron chi connectivity index (χ2n) is 16.1. The minimum absolute atomic E-state index is 0. The average molecular weight is 3340 g/mol. The molecule has 0 fully saturated rings. The largest absolute Gasteiger partial charge is 1.00 e. The van der Waals surface area contributed by atoms with Crippen molar-refractivity contribution in [3.05, 3.63) is 34.9 Å². The molecule has 0 aromatic heterocycles. The Morgan fingerprint density at radius 3 is 0.573 bits per heavy atom. The van der Waals surface area contributed by atoms with Crippen molar-refractivity contribution in [1.29, 1.82) is 0 Å². The fourth-order valence-corrected chi connectivity index (χ4v) is 713. The van der Waals surface area contributed by atoms with E-state index in [4.69, 9.17) is 683 Å². The summed E-state index contributed by atoms with van der Waals surface area (Å²) in [5.41, 5.74) is 1.49. The van der Waals surface area contributed by atoms with Gasteiger partial charge >= 0.3 is 51.4 Å². The number of carbonyl (C=O) groups is 2. The number of halogens is 1. The van der Waals surface area contributed by atoms with Gasteiger partial charge in [-0.15, -0.1) is 0 Å². The zero-order valence-electron chi connectivity index (χ0n) is 48.7. The van der Waals surface area contributed by atoms with Crippen molar-refractivity contribution < 1.29 is 66.1 Å². The Kier molecular flexibility index (Phi) is 57.1. The van der Waals surface area contributed by atoms with Crippen LogP contribution >= 0.6 is 31.0 Å². The molecule has 97 heteroatoms. The summed E-state index contributed by atoms with van der Waals surface area (Å²) in [6, 6.07) is 4.89. The van der Waals surface area contributed by atoms with Crippen LogP contribution in [-0.2, 0) is 837 Å². The maximum Gasteiger partial charge on any atom is 1.00 e. The van der Waals surface area contributed by atoms with E-state index in [-0.39, 0.29) is 63.0 Å². The third-order valence-electron chi connectivity index (χ3n) is 9.85. The van der Waals surface area contributed by atoms with Gasteiger partial charge in [0.2, 0.25) is 0 Å². The van der Waals surface area contributed by atoms with Crippen LogP contribution in [0.3, 0.4) is 0 Å². The monoisotopic (exact) mass is 3330 g/mol. The maximum atomic E-state index is 11.6. The molecule has 0 amide bonds. The Morgan fingerprint density at radius 2 is 0.455 bits per heavy atom. The number of aliphatic hydroxyl groups excluding tert-OH is 1. The second-order valence-corrected chi connectivity index (χ2v) is 342. The van der Waals surface area contributed by atoms with Crippen molar-refractivity contribution in [3.63, 3.8) is 0 Å². The third-order valence-corrected chi connectivity index (χ3v) is 604. The van der Waals surface area contributed by atoms with Crippen LogP contribution in [0.25, 0.3) is 0 Å². The van der Waals surface area contributed by atoms with Gasteiger partial charge in [0, 0.05) is 193 Å². The molecule has 0 aliphatic heterocycles. The topological polar surface area (TPSA) is 54.4 Å². The maximum absolute atomic E-state index is 11.6. The number of hydrogen-bond acceptors (Lipinski definition) is 65. The fraction of sp³-hybridized carbons (Fsp3) is 0.385. The molecule has 0 spiro atoms. The van der Waals surface area contributed by atoms with Crippen LogP contribution in [0.2, 0.25) is 0 Å². The standard InChI is InChI=1S/C13H16O3.HIS92.K/c1-4-13(16)11-6-5-10(8(2)14)7-12(11)9(3)15;1-64(3,4)66(7,8)68(11,12)70(15,16)72(19,20)74(23,24)76(27,28)78(31,32)80(35,36)82(39,40)84(43,44)86(47,48)88(51,52)90(55,56)92(59,60)93(61,62)91(57,58)89(53,54)87(49,50)85(45,46)83(41,42)81(37,38)79(33,34)77(29,30)75(25,26)73(21,22)71(17,18)69(13,14)67(9,10)65(5,6)63-2;/h5-8,14H,4H2,1-3H3;2H;/q;;+1/p-1. The number of Topliss-reactive ketones (excluding diaryl/α,β-unsaturated/α-hetero) is 2. The van der Waals surface area contributed by atoms with Crippen molar-refractivity contribution >= 4 is 880 Å². The Bertz CT molecular complexity index is 8080. The van der Waals surface area contributed by atoms with Crippen molar-refractivity contribution in [2.24, 2.45) is 0 Å². The van der Waals surface area contributed by atoms with E-state index in [0.717, 1.165) is 0 Å². The summed E-state index contributed by atoms with van der Waals surface area (Å²) < 4.78 is -2.76. The Morgan fingerprint density at radius 1 is 0.309 bits per heavy atom. The smallest absolute Gasteiger partial charge is 0.706 e. The predicted octanol–water partition coefficient (Wildman–Crippen LogP) is 0.855. The van der Waals surface area contributed by atoms with Crippen LogP contribution in [0, 0.1) is 0 Å². The first kappa shape index (κ1) is 137. The molecule has 110 heavy (non-hydrogen) atoms. The summed E-state index contributed by atoms with van der Waals surface area (Å²) in [7, 11) is 0.602. The quantitative estimate of drug-likeness (QED) is 0.0265. The average Bonchev–Trinajstić information content (AvgIpc) is 0.676. The Labute approximate surface area is 984 Å². The number of carbonyl (C=O) groups excluding carboxylic acids is 2. The molecule has 1 atom stereocenters. The second kappa shape index (κ2) is 45.8. The van der Waals surface area contributed by atoms with Crippen molar-refractivity contribution in [3.8, 4) is 0 Å². The molecule has 0 bridgehead atoms. The van der Waals surface area contributed by atoms with Gasteiger partial charge in [0.05, 0.1) is 6.10 Å². The molecule has 646 valence electrons. The summed E-state index contributed by atoms with van der Waals surface area (Å²) in [5.74, 6) is -0.207. The summed E-state index contributed by atoms with van der Waals surface area (Å²) in [6.45, 7) is 4.81. The van der Waals surface area contributed by atoms with Crippen LogP contribution in [0.1, 0.15) is 59.6 Å². The summed E-state index contributed by atoms with van der Waals surface area (Å²) in [6.07, 6.45) is -0.266. The molecule has 1 unspecified atom stereocenters. The van der Waals surface area contributed by atoms with Gasteiger partial charge in [-0.1, -0.05) is 19.1 Å². The van der Waals surface area contributed by atoms with E-state index < -0.39 is 161 Å². The number of hydrogen-bond donors (Lipinski definition) is 1. The molecule has 0 heterocycles. The first-order valence-corrected chi connectivity index (χ1v) is 145. The number of ketones is 2. The van der Waals surface area contributed by atoms with Crippen LogP contribution in [-0.4, -0.2) is 16.7 Å². The molecular weight excluding hydrogens is 3320 g/mol. The number of benzene rings is 1. The molecular formula is C13H16IKO3S92. The van der Waals surface area contributed by atoms with Gasteiger partial charge in [0.15, 0.2) is 11.6 Å². The zero-order chi connectivity index (χ0) is 90.0. The molecule has 0 saturated carbocycles. The number of rotatable bonds is 34. The fourth-order valence-electron chi connectivity index (χ4n) is 4.44. The number of aliphatic hydroxyl groups is 1. The van der Waals surface area contributed by atoms with Crippen molar-refractivity contribution in [1.82, 2.24) is 0 Å².